The van der Waals surface area contributed by atoms with Gasteiger partial charge in [-0.05, 0) is 24.3 Å². The third kappa shape index (κ3) is 2.02. The lowest BCUT2D eigenvalue weighted by atomic mass is 10.4. The van der Waals surface area contributed by atoms with Crippen LogP contribution in [0, 0.1) is 10.1 Å². The lowest BCUT2D eigenvalue weighted by molar-refractivity contribution is -0.297. The fraction of sp³-hybridized carbons (Fsp3) is 0. The molecule has 2 N–H and O–H groups in total. The lowest BCUT2D eigenvalue weighted by Crippen LogP contribution is -2.20. The van der Waals surface area contributed by atoms with Crippen LogP contribution in [-0.2, 0) is 0 Å². The maximum Gasteiger partial charge on any atom is 0.135 e. The molecule has 0 fully saturated rings. The Morgan fingerprint density at radius 2 is 1.24 bits per heavy atom. The summed E-state index contributed by atoms with van der Waals surface area (Å²) in [6.07, 6.45) is 0. The van der Waals surface area contributed by atoms with Crippen LogP contribution in [0.25, 0.3) is 0 Å². The standard InChI is InChI=1S/C12H12N2O2S/c13-17(14(15)16,11-7-3-1-4-8-11)12-9-5-2-6-10-12/h1-10H,13H2. The minimum Gasteiger partial charge on any atom is -0.251 e. The summed E-state index contributed by atoms with van der Waals surface area (Å²) in [5.74, 6) is 0. The van der Waals surface area contributed by atoms with Gasteiger partial charge in [0.15, 0.2) is 0 Å². The fourth-order valence-electron chi connectivity index (χ4n) is 1.56. The number of nitrogens with two attached hydrogens (primary N) is 1. The highest BCUT2D eigenvalue weighted by Crippen LogP contribution is 2.55. The molecule has 0 aliphatic carbocycles. The maximum absolute atomic E-state index is 11.3. The van der Waals surface area contributed by atoms with E-state index in [1.54, 1.807) is 48.5 Å². The second-order valence-electron chi connectivity index (χ2n) is 3.48. The Hall–Kier alpha value is -1.85. The van der Waals surface area contributed by atoms with Crippen LogP contribution in [-0.4, -0.2) is 4.33 Å². The Bertz CT molecular complexity index is 477. The van der Waals surface area contributed by atoms with Crippen LogP contribution in [0.2, 0.25) is 0 Å². The molecule has 0 aliphatic rings. The van der Waals surface area contributed by atoms with Crippen molar-refractivity contribution in [2.45, 2.75) is 9.79 Å². The predicted molar refractivity (Wildman–Crippen MR) is 68.2 cm³/mol. The molecule has 88 valence electrons. The van der Waals surface area contributed by atoms with Gasteiger partial charge in [0.25, 0.3) is 0 Å². The molecule has 5 heteroatoms. The van der Waals surface area contributed by atoms with Crippen molar-refractivity contribution in [1.29, 1.82) is 0 Å². The smallest absolute Gasteiger partial charge is 0.135 e. The first-order valence-electron chi connectivity index (χ1n) is 5.01. The number of nitrogens with zero attached hydrogens (tertiary/aromatic N) is 1. The van der Waals surface area contributed by atoms with Gasteiger partial charge < -0.3 is 0 Å². The summed E-state index contributed by atoms with van der Waals surface area (Å²) in [7, 11) is -2.69. The number of hydrogen-bond acceptors (Lipinski definition) is 3. The molecule has 0 spiro atoms. The minimum atomic E-state index is -2.69. The molecule has 0 aromatic heterocycles. The van der Waals surface area contributed by atoms with E-state index < -0.39 is 10.4 Å². The molecule has 0 aliphatic heterocycles. The molecule has 0 saturated heterocycles. The second-order valence-corrected chi connectivity index (χ2v) is 5.97. The topological polar surface area (TPSA) is 69.2 Å². The van der Waals surface area contributed by atoms with E-state index in [1.165, 1.54) is 0 Å². The van der Waals surface area contributed by atoms with Gasteiger partial charge >= 0.3 is 0 Å². The summed E-state index contributed by atoms with van der Waals surface area (Å²) in [6, 6.07) is 17.5. The Balaban J connectivity index is 2.59. The molecule has 2 aromatic rings. The van der Waals surface area contributed by atoms with Gasteiger partial charge in [-0.3, -0.25) is 10.1 Å². The Morgan fingerprint density at radius 1 is 0.882 bits per heavy atom. The highest BCUT2D eigenvalue weighted by atomic mass is 32.3. The van der Waals surface area contributed by atoms with Gasteiger partial charge in [-0.1, -0.05) is 36.4 Å². The zero-order chi connectivity index (χ0) is 12.3. The zero-order valence-electron chi connectivity index (χ0n) is 9.02. The van der Waals surface area contributed by atoms with Gasteiger partial charge in [0.05, 0.1) is 14.1 Å². The highest BCUT2D eigenvalue weighted by Gasteiger charge is 2.36. The van der Waals surface area contributed by atoms with E-state index in [2.05, 4.69) is 0 Å². The van der Waals surface area contributed by atoms with Gasteiger partial charge in [0.1, 0.15) is 10.4 Å². The van der Waals surface area contributed by atoms with Gasteiger partial charge in [-0.25, -0.2) is 5.14 Å². The SMILES string of the molecule is NS(c1ccccc1)(c1ccccc1)[N+](=O)[O-]. The summed E-state index contributed by atoms with van der Waals surface area (Å²) in [5.41, 5.74) is 0. The number of hydrogen-bond donors (Lipinski definition) is 1. The van der Waals surface area contributed by atoms with Crippen molar-refractivity contribution in [3.63, 3.8) is 0 Å². The average Bonchev–Trinajstić information content (AvgIpc) is 2.39. The van der Waals surface area contributed by atoms with Gasteiger partial charge in [-0.2, -0.15) is 0 Å². The Morgan fingerprint density at radius 3 is 1.53 bits per heavy atom. The van der Waals surface area contributed by atoms with Crippen LogP contribution >= 0.6 is 10.4 Å². The summed E-state index contributed by atoms with van der Waals surface area (Å²) >= 11 is 0. The molecule has 0 bridgehead atoms. The molecule has 0 radical (unpaired) electrons. The van der Waals surface area contributed by atoms with Crippen molar-refractivity contribution >= 4 is 10.4 Å². The molecule has 17 heavy (non-hydrogen) atoms. The summed E-state index contributed by atoms with van der Waals surface area (Å²) < 4.78 is -0.377. The molecule has 0 amide bonds. The van der Waals surface area contributed by atoms with E-state index in [-0.39, 0.29) is 4.33 Å². The summed E-state index contributed by atoms with van der Waals surface area (Å²) in [5, 5.41) is 17.4. The fourth-order valence-corrected chi connectivity index (χ4v) is 3.32. The van der Waals surface area contributed by atoms with Crippen molar-refractivity contribution in [3.8, 4) is 0 Å². The van der Waals surface area contributed by atoms with Crippen LogP contribution in [0.4, 0.5) is 0 Å². The van der Waals surface area contributed by atoms with E-state index in [0.717, 1.165) is 0 Å². The van der Waals surface area contributed by atoms with Crippen LogP contribution in [0.1, 0.15) is 0 Å². The molecule has 0 heterocycles. The van der Waals surface area contributed by atoms with Crippen molar-refractivity contribution in [2.75, 3.05) is 0 Å². The molecule has 0 saturated carbocycles. The van der Waals surface area contributed by atoms with E-state index in [4.69, 9.17) is 5.14 Å². The molecule has 0 atom stereocenters. The van der Waals surface area contributed by atoms with Crippen LogP contribution in [0.15, 0.2) is 70.5 Å². The zero-order valence-corrected chi connectivity index (χ0v) is 9.84. The molecule has 2 aromatic carbocycles. The van der Waals surface area contributed by atoms with Crippen molar-refractivity contribution in [2.24, 2.45) is 5.14 Å². The number of benzene rings is 2. The van der Waals surface area contributed by atoms with Gasteiger partial charge in [0.2, 0.25) is 0 Å². The van der Waals surface area contributed by atoms with Crippen LogP contribution < -0.4 is 5.14 Å². The quantitative estimate of drug-likeness (QED) is 0.670. The molecular formula is C12H12N2O2S. The summed E-state index contributed by atoms with van der Waals surface area (Å²) in [6.45, 7) is 0. The van der Waals surface area contributed by atoms with Crippen LogP contribution in [0.3, 0.4) is 0 Å². The van der Waals surface area contributed by atoms with Crippen molar-refractivity contribution < 1.29 is 4.33 Å². The maximum atomic E-state index is 11.3. The highest BCUT2D eigenvalue weighted by molar-refractivity contribution is 8.26. The van der Waals surface area contributed by atoms with Gasteiger partial charge in [0, 0.05) is 0 Å². The first kappa shape index (κ1) is 11.6. The predicted octanol–water partition coefficient (Wildman–Crippen LogP) is 2.97. The van der Waals surface area contributed by atoms with E-state index in [1.807, 2.05) is 12.1 Å². The van der Waals surface area contributed by atoms with Crippen molar-refractivity contribution in [3.05, 3.63) is 70.8 Å². The largest absolute Gasteiger partial charge is 0.251 e. The molecular weight excluding hydrogens is 236 g/mol. The van der Waals surface area contributed by atoms with Gasteiger partial charge in [-0.15, -0.1) is 0 Å². The normalized spacial score (nSPS) is 12.1. The average molecular weight is 248 g/mol. The molecule has 2 rings (SSSR count). The Kier molecular flexibility index (Phi) is 3.12. The minimum absolute atomic E-state index is 0.377. The second kappa shape index (κ2) is 4.57. The first-order chi connectivity index (χ1) is 8.15. The van der Waals surface area contributed by atoms with Crippen LogP contribution in [0.5, 0.6) is 0 Å². The Labute approximate surface area is 101 Å². The first-order valence-corrected chi connectivity index (χ1v) is 6.67. The third-order valence-corrected chi connectivity index (χ3v) is 4.89. The van der Waals surface area contributed by atoms with E-state index >= 15 is 0 Å². The number of rotatable bonds is 3. The lowest BCUT2D eigenvalue weighted by Gasteiger charge is -2.25. The number of nitro groups is 1. The monoisotopic (exact) mass is 248 g/mol. The van der Waals surface area contributed by atoms with Crippen molar-refractivity contribution in [1.82, 2.24) is 0 Å². The molecule has 4 nitrogen and oxygen atoms in total. The molecule has 0 unspecified atom stereocenters. The third-order valence-electron chi connectivity index (χ3n) is 2.44. The van der Waals surface area contributed by atoms with E-state index in [0.29, 0.717) is 9.79 Å². The summed E-state index contributed by atoms with van der Waals surface area (Å²) in [4.78, 5) is 12.4. The van der Waals surface area contributed by atoms with E-state index in [9.17, 15) is 10.1 Å².